The van der Waals surface area contributed by atoms with Crippen molar-refractivity contribution < 1.29 is 18.1 Å². The second-order valence-corrected chi connectivity index (χ2v) is 8.59. The largest absolute Gasteiger partial charge is 0.351 e. The Morgan fingerprint density at radius 1 is 0.969 bits per heavy atom. The van der Waals surface area contributed by atoms with Gasteiger partial charge < -0.3 is 10.2 Å². The second-order valence-electron chi connectivity index (χ2n) is 6.82. The molecule has 2 N–H and O–H groups in total. The minimum Gasteiger partial charge on any atom is -0.351 e. The van der Waals surface area contributed by atoms with Gasteiger partial charge in [0, 0.05) is 38.0 Å². The number of sulfonamides is 1. The van der Waals surface area contributed by atoms with Gasteiger partial charge in [0.15, 0.2) is 0 Å². The highest BCUT2D eigenvalue weighted by atomic mass is 32.2. The van der Waals surface area contributed by atoms with Crippen LogP contribution in [0.15, 0.2) is 83.8 Å². The summed E-state index contributed by atoms with van der Waals surface area (Å²) in [4.78, 5) is 24.6. The Bertz CT molecular complexity index is 1220. The number of para-hydroxylation sites is 2. The number of hydrogen-bond acceptors (Lipinski definition) is 6. The average Bonchev–Trinajstić information content (AvgIpc) is 2.82. The maximum atomic E-state index is 12.7. The van der Waals surface area contributed by atoms with Crippen molar-refractivity contribution in [3.63, 3.8) is 0 Å². The molecule has 0 bridgehead atoms. The van der Waals surface area contributed by atoms with E-state index in [2.05, 4.69) is 10.0 Å². The first-order valence-corrected chi connectivity index (χ1v) is 11.2. The maximum absolute atomic E-state index is 12.7. The van der Waals surface area contributed by atoms with Gasteiger partial charge in [-0.05, 0) is 30.3 Å². The molecule has 9 nitrogen and oxygen atoms in total. The van der Waals surface area contributed by atoms with E-state index in [0.29, 0.717) is 11.3 Å². The lowest BCUT2D eigenvalue weighted by Gasteiger charge is -2.22. The summed E-state index contributed by atoms with van der Waals surface area (Å²) in [5.41, 5.74) is 1.74. The fourth-order valence-electron chi connectivity index (χ4n) is 3.05. The molecule has 1 amide bonds. The van der Waals surface area contributed by atoms with E-state index < -0.39 is 14.9 Å². The zero-order valence-corrected chi connectivity index (χ0v) is 18.1. The van der Waals surface area contributed by atoms with Gasteiger partial charge >= 0.3 is 0 Å². The maximum Gasteiger partial charge on any atom is 0.270 e. The summed E-state index contributed by atoms with van der Waals surface area (Å²) in [5.74, 6) is -0.349. The number of benzene rings is 3. The summed E-state index contributed by atoms with van der Waals surface area (Å²) < 4.78 is 27.1. The van der Waals surface area contributed by atoms with E-state index >= 15 is 0 Å². The topological polar surface area (TPSA) is 122 Å². The van der Waals surface area contributed by atoms with Crippen LogP contribution in [0.3, 0.4) is 0 Å². The van der Waals surface area contributed by atoms with Gasteiger partial charge in [0.2, 0.25) is 10.0 Å². The smallest absolute Gasteiger partial charge is 0.270 e. The number of anilines is 2. The Hall–Kier alpha value is -3.76. The number of amides is 1. The molecule has 3 rings (SSSR count). The van der Waals surface area contributed by atoms with Crippen molar-refractivity contribution in [3.05, 3.63) is 94.5 Å². The normalized spacial score (nSPS) is 11.0. The van der Waals surface area contributed by atoms with Gasteiger partial charge in [-0.1, -0.05) is 36.4 Å². The van der Waals surface area contributed by atoms with E-state index in [4.69, 9.17) is 0 Å². The average molecular weight is 455 g/mol. The van der Waals surface area contributed by atoms with Gasteiger partial charge in [-0.3, -0.25) is 14.9 Å². The lowest BCUT2D eigenvalue weighted by Crippen LogP contribution is -2.35. The summed E-state index contributed by atoms with van der Waals surface area (Å²) in [6.45, 7) is -0.0379. The third-order valence-corrected chi connectivity index (χ3v) is 6.15. The zero-order valence-electron chi connectivity index (χ0n) is 17.3. The van der Waals surface area contributed by atoms with E-state index in [0.717, 1.165) is 11.8 Å². The number of rotatable bonds is 9. The van der Waals surface area contributed by atoms with Crippen molar-refractivity contribution in [2.45, 2.75) is 4.90 Å². The fourth-order valence-corrected chi connectivity index (χ4v) is 4.12. The Morgan fingerprint density at radius 2 is 1.66 bits per heavy atom. The van der Waals surface area contributed by atoms with Gasteiger partial charge in [0.05, 0.1) is 21.1 Å². The summed E-state index contributed by atoms with van der Waals surface area (Å²) >= 11 is 0. The molecule has 0 atom stereocenters. The first kappa shape index (κ1) is 22.9. The quantitative estimate of drug-likeness (QED) is 0.291. The lowest BCUT2D eigenvalue weighted by atomic mass is 10.1. The molecule has 3 aromatic carbocycles. The number of carbonyl (C=O) groups is 1. The monoisotopic (exact) mass is 454 g/mol. The molecule has 0 fully saturated rings. The van der Waals surface area contributed by atoms with Crippen molar-refractivity contribution in [1.29, 1.82) is 0 Å². The van der Waals surface area contributed by atoms with E-state index in [1.54, 1.807) is 12.1 Å². The second kappa shape index (κ2) is 10.0. The third kappa shape index (κ3) is 5.48. The SMILES string of the molecule is CN(c1ccccc1)c1ccccc1C(=O)NCCNS(=O)(=O)c1cccc([N+](=O)[O-])c1. The first-order chi connectivity index (χ1) is 15.3. The van der Waals surface area contributed by atoms with Gasteiger partial charge in [-0.2, -0.15) is 0 Å². The molecule has 32 heavy (non-hydrogen) atoms. The first-order valence-electron chi connectivity index (χ1n) is 9.70. The number of non-ortho nitro benzene ring substituents is 1. The minimum atomic E-state index is -3.95. The highest BCUT2D eigenvalue weighted by Crippen LogP contribution is 2.26. The van der Waals surface area contributed by atoms with E-state index in [1.807, 2.05) is 54.4 Å². The number of hydrogen-bond donors (Lipinski definition) is 2. The van der Waals surface area contributed by atoms with Crippen LogP contribution in [0.5, 0.6) is 0 Å². The van der Waals surface area contributed by atoms with E-state index in [-0.39, 0.29) is 29.6 Å². The fraction of sp³-hybridized carbons (Fsp3) is 0.136. The number of nitrogens with one attached hydrogen (secondary N) is 2. The molecule has 3 aromatic rings. The van der Waals surface area contributed by atoms with Gasteiger partial charge in [-0.15, -0.1) is 0 Å². The molecule has 0 spiro atoms. The van der Waals surface area contributed by atoms with Gasteiger partial charge in [0.25, 0.3) is 11.6 Å². The van der Waals surface area contributed by atoms with Crippen LogP contribution >= 0.6 is 0 Å². The van der Waals surface area contributed by atoms with Crippen molar-refractivity contribution >= 4 is 33.0 Å². The standard InChI is InChI=1S/C22H22N4O5S/c1-25(17-8-3-2-4-9-17)21-13-6-5-12-20(21)22(27)23-14-15-24-32(30,31)19-11-7-10-18(16-19)26(28)29/h2-13,16,24H,14-15H2,1H3,(H,23,27). The highest BCUT2D eigenvalue weighted by Gasteiger charge is 2.18. The molecular weight excluding hydrogens is 432 g/mol. The van der Waals surface area contributed by atoms with Gasteiger partial charge in [-0.25, -0.2) is 13.1 Å². The molecule has 166 valence electrons. The third-order valence-electron chi connectivity index (χ3n) is 4.69. The highest BCUT2D eigenvalue weighted by molar-refractivity contribution is 7.89. The molecule has 0 aromatic heterocycles. The molecule has 0 heterocycles. The van der Waals surface area contributed by atoms with Crippen molar-refractivity contribution in [1.82, 2.24) is 10.0 Å². The minimum absolute atomic E-state index is 0.0381. The molecule has 10 heteroatoms. The van der Waals surface area contributed by atoms with Crippen LogP contribution in [0, 0.1) is 10.1 Å². The van der Waals surface area contributed by atoms with Crippen LogP contribution in [0.2, 0.25) is 0 Å². The number of nitro benzene ring substituents is 1. The molecule has 0 aliphatic carbocycles. The number of nitro groups is 1. The van der Waals surface area contributed by atoms with Crippen molar-refractivity contribution in [2.24, 2.45) is 0 Å². The molecule has 0 saturated heterocycles. The molecular formula is C22H22N4O5S. The van der Waals surface area contributed by atoms with Crippen LogP contribution in [0.25, 0.3) is 0 Å². The Labute approximate surface area is 185 Å². The predicted octanol–water partition coefficient (Wildman–Crippen LogP) is 3.07. The van der Waals surface area contributed by atoms with Crippen LogP contribution < -0.4 is 14.9 Å². The molecule has 0 radical (unpaired) electrons. The molecule has 0 aliphatic rings. The Morgan fingerprint density at radius 3 is 2.38 bits per heavy atom. The number of carbonyl (C=O) groups excluding carboxylic acids is 1. The van der Waals surface area contributed by atoms with Crippen LogP contribution in [0.4, 0.5) is 17.1 Å². The van der Waals surface area contributed by atoms with Crippen LogP contribution in [-0.2, 0) is 10.0 Å². The molecule has 0 unspecified atom stereocenters. The summed E-state index contributed by atoms with van der Waals surface area (Å²) in [6.07, 6.45) is 0. The van der Waals surface area contributed by atoms with Crippen molar-refractivity contribution in [2.75, 3.05) is 25.0 Å². The van der Waals surface area contributed by atoms with Crippen LogP contribution in [-0.4, -0.2) is 39.4 Å². The number of nitrogens with zero attached hydrogens (tertiary/aromatic N) is 2. The Balaban J connectivity index is 1.62. The van der Waals surface area contributed by atoms with E-state index in [1.165, 1.54) is 18.2 Å². The molecule has 0 saturated carbocycles. The lowest BCUT2D eigenvalue weighted by molar-refractivity contribution is -0.385. The summed E-state index contributed by atoms with van der Waals surface area (Å²) in [5, 5.41) is 13.6. The van der Waals surface area contributed by atoms with E-state index in [9.17, 15) is 23.3 Å². The van der Waals surface area contributed by atoms with Crippen molar-refractivity contribution in [3.8, 4) is 0 Å². The molecule has 0 aliphatic heterocycles. The Kier molecular flexibility index (Phi) is 7.18. The predicted molar refractivity (Wildman–Crippen MR) is 122 cm³/mol. The summed E-state index contributed by atoms with van der Waals surface area (Å²) in [7, 11) is -2.09. The van der Waals surface area contributed by atoms with Crippen LogP contribution in [0.1, 0.15) is 10.4 Å². The summed E-state index contributed by atoms with van der Waals surface area (Å²) in [6, 6.07) is 21.4. The van der Waals surface area contributed by atoms with Gasteiger partial charge in [0.1, 0.15) is 0 Å². The zero-order chi connectivity index (χ0) is 23.1.